The quantitative estimate of drug-likeness (QED) is 0.414. The van der Waals surface area contributed by atoms with Gasteiger partial charge in [0.1, 0.15) is 0 Å². The van der Waals surface area contributed by atoms with Crippen molar-refractivity contribution in [2.45, 2.75) is 6.42 Å². The molecule has 4 heteroatoms. The highest BCUT2D eigenvalue weighted by Gasteiger charge is 1.94. The smallest absolute Gasteiger partial charge is 0.230 e. The molecule has 0 aliphatic heterocycles. The van der Waals surface area contributed by atoms with Crippen molar-refractivity contribution >= 4 is 21.8 Å². The van der Waals surface area contributed by atoms with E-state index < -0.39 is 0 Å². The van der Waals surface area contributed by atoms with Crippen LogP contribution >= 0.6 is 15.9 Å². The molecular formula is C7H12BrNO2. The maximum absolute atomic E-state index is 10.6. The lowest BCUT2D eigenvalue weighted by molar-refractivity contribution is -0.118. The first kappa shape index (κ1) is 10.5. The number of carbonyl (C=O) groups is 1. The van der Waals surface area contributed by atoms with Crippen LogP contribution < -0.4 is 5.32 Å². The maximum atomic E-state index is 10.6. The second kappa shape index (κ2) is 7.60. The van der Waals surface area contributed by atoms with Crippen LogP contribution in [0.25, 0.3) is 0 Å². The minimum Gasteiger partial charge on any atom is -0.502 e. The molecule has 0 atom stereocenters. The largest absolute Gasteiger partial charge is 0.502 e. The third kappa shape index (κ3) is 7.39. The van der Waals surface area contributed by atoms with Gasteiger partial charge in [-0.15, -0.1) is 0 Å². The zero-order valence-corrected chi connectivity index (χ0v) is 7.89. The Morgan fingerprint density at radius 3 is 3.00 bits per heavy atom. The normalized spacial score (nSPS) is 8.82. The minimum absolute atomic E-state index is 0.00334. The average molecular weight is 222 g/mol. The SMILES string of the molecule is C=COCCCNC(=O)CBr. The number of carbonyl (C=O) groups excluding carboxylic acids is 1. The topological polar surface area (TPSA) is 38.3 Å². The Balaban J connectivity index is 3.01. The molecular weight excluding hydrogens is 210 g/mol. The van der Waals surface area contributed by atoms with Crippen LogP contribution in [0.4, 0.5) is 0 Å². The van der Waals surface area contributed by atoms with Gasteiger partial charge in [-0.25, -0.2) is 0 Å². The zero-order valence-electron chi connectivity index (χ0n) is 6.31. The highest BCUT2D eigenvalue weighted by Crippen LogP contribution is 1.82. The fourth-order valence-corrected chi connectivity index (χ4v) is 0.712. The summed E-state index contributed by atoms with van der Waals surface area (Å²) in [5, 5.41) is 3.05. The van der Waals surface area contributed by atoms with Gasteiger partial charge in [-0.1, -0.05) is 22.5 Å². The van der Waals surface area contributed by atoms with Gasteiger partial charge in [0.15, 0.2) is 0 Å². The van der Waals surface area contributed by atoms with Gasteiger partial charge < -0.3 is 10.1 Å². The van der Waals surface area contributed by atoms with Gasteiger partial charge >= 0.3 is 0 Å². The second-order valence-corrected chi connectivity index (χ2v) is 2.44. The van der Waals surface area contributed by atoms with Crippen LogP contribution in [0.5, 0.6) is 0 Å². The third-order valence-electron chi connectivity index (χ3n) is 1.00. The highest BCUT2D eigenvalue weighted by atomic mass is 79.9. The van der Waals surface area contributed by atoms with E-state index in [2.05, 4.69) is 27.8 Å². The number of nitrogens with one attached hydrogen (secondary N) is 1. The van der Waals surface area contributed by atoms with E-state index >= 15 is 0 Å². The van der Waals surface area contributed by atoms with Crippen molar-refractivity contribution in [3.05, 3.63) is 12.8 Å². The number of hydrogen-bond donors (Lipinski definition) is 1. The number of rotatable bonds is 6. The van der Waals surface area contributed by atoms with Crippen molar-refractivity contribution in [3.63, 3.8) is 0 Å². The summed E-state index contributed by atoms with van der Waals surface area (Å²) in [6.45, 7) is 4.65. The summed E-state index contributed by atoms with van der Waals surface area (Å²) in [6.07, 6.45) is 2.21. The van der Waals surface area contributed by atoms with Crippen molar-refractivity contribution in [1.82, 2.24) is 5.32 Å². The molecule has 0 unspecified atom stereocenters. The van der Waals surface area contributed by atoms with E-state index in [1.54, 1.807) is 0 Å². The Labute approximate surface area is 74.9 Å². The molecule has 0 saturated heterocycles. The van der Waals surface area contributed by atoms with Gasteiger partial charge in [0.25, 0.3) is 0 Å². The number of hydrogen-bond acceptors (Lipinski definition) is 2. The molecule has 0 fully saturated rings. The van der Waals surface area contributed by atoms with Gasteiger partial charge in [-0.2, -0.15) is 0 Å². The van der Waals surface area contributed by atoms with Crippen LogP contribution in [-0.4, -0.2) is 24.4 Å². The molecule has 0 saturated carbocycles. The number of ether oxygens (including phenoxy) is 1. The molecule has 3 nitrogen and oxygen atoms in total. The van der Waals surface area contributed by atoms with E-state index in [1.165, 1.54) is 6.26 Å². The first-order valence-corrected chi connectivity index (χ1v) is 4.48. The molecule has 1 amide bonds. The van der Waals surface area contributed by atoms with Crippen LogP contribution in [0.15, 0.2) is 12.8 Å². The summed E-state index contributed by atoms with van der Waals surface area (Å²) in [5.74, 6) is 0.00334. The first-order valence-electron chi connectivity index (χ1n) is 3.36. The van der Waals surface area contributed by atoms with E-state index in [1.807, 2.05) is 0 Å². The van der Waals surface area contributed by atoms with Gasteiger partial charge in [-0.3, -0.25) is 4.79 Å². The van der Waals surface area contributed by atoms with E-state index in [4.69, 9.17) is 4.74 Å². The van der Waals surface area contributed by atoms with Gasteiger partial charge in [0, 0.05) is 6.54 Å². The lowest BCUT2D eigenvalue weighted by Gasteiger charge is -2.01. The van der Waals surface area contributed by atoms with Gasteiger partial charge in [0.05, 0.1) is 18.2 Å². The van der Waals surface area contributed by atoms with Crippen LogP contribution in [0.1, 0.15) is 6.42 Å². The second-order valence-electron chi connectivity index (χ2n) is 1.87. The van der Waals surface area contributed by atoms with Crippen molar-refractivity contribution in [1.29, 1.82) is 0 Å². The Hall–Kier alpha value is -0.510. The van der Waals surface area contributed by atoms with Gasteiger partial charge in [0.2, 0.25) is 5.91 Å². The molecule has 64 valence electrons. The number of halogens is 1. The predicted octanol–water partition coefficient (Wildman–Crippen LogP) is 1.05. The summed E-state index contributed by atoms with van der Waals surface area (Å²) < 4.78 is 4.85. The van der Waals surface area contributed by atoms with Crippen LogP contribution in [0.2, 0.25) is 0 Å². The average Bonchev–Trinajstić information content (AvgIpc) is 2.04. The minimum atomic E-state index is 0.00334. The number of alkyl halides is 1. The van der Waals surface area contributed by atoms with Crippen molar-refractivity contribution in [3.8, 4) is 0 Å². The standard InChI is InChI=1S/C7H12BrNO2/c1-2-11-5-3-4-9-7(10)6-8/h2H,1,3-6H2,(H,9,10). The monoisotopic (exact) mass is 221 g/mol. The molecule has 0 heterocycles. The van der Waals surface area contributed by atoms with E-state index in [9.17, 15) is 4.79 Å². The number of amides is 1. The fraction of sp³-hybridized carbons (Fsp3) is 0.571. The third-order valence-corrected chi connectivity index (χ3v) is 1.51. The molecule has 0 spiro atoms. The Morgan fingerprint density at radius 1 is 1.73 bits per heavy atom. The van der Waals surface area contributed by atoms with Crippen LogP contribution in [0.3, 0.4) is 0 Å². The molecule has 0 radical (unpaired) electrons. The van der Waals surface area contributed by atoms with Gasteiger partial charge in [-0.05, 0) is 6.42 Å². The maximum Gasteiger partial charge on any atom is 0.230 e. The Kier molecular flexibility index (Phi) is 7.24. The zero-order chi connectivity index (χ0) is 8.53. The lowest BCUT2D eigenvalue weighted by atomic mass is 10.4. The van der Waals surface area contributed by atoms with Crippen LogP contribution in [0, 0.1) is 0 Å². The molecule has 0 aromatic heterocycles. The molecule has 0 rings (SSSR count). The summed E-state index contributed by atoms with van der Waals surface area (Å²) in [6, 6.07) is 0. The molecule has 0 aromatic carbocycles. The van der Waals surface area contributed by atoms with Crippen molar-refractivity contribution in [2.24, 2.45) is 0 Å². The van der Waals surface area contributed by atoms with Crippen molar-refractivity contribution in [2.75, 3.05) is 18.5 Å². The van der Waals surface area contributed by atoms with E-state index in [0.29, 0.717) is 18.5 Å². The van der Waals surface area contributed by atoms with E-state index in [-0.39, 0.29) is 5.91 Å². The molecule has 0 aliphatic carbocycles. The van der Waals surface area contributed by atoms with Crippen LogP contribution in [-0.2, 0) is 9.53 Å². The summed E-state index contributed by atoms with van der Waals surface area (Å²) in [4.78, 5) is 10.6. The Morgan fingerprint density at radius 2 is 2.45 bits per heavy atom. The predicted molar refractivity (Wildman–Crippen MR) is 47.6 cm³/mol. The molecule has 0 bridgehead atoms. The highest BCUT2D eigenvalue weighted by molar-refractivity contribution is 9.09. The fourth-order valence-electron chi connectivity index (χ4n) is 0.514. The molecule has 0 aromatic rings. The summed E-state index contributed by atoms with van der Waals surface area (Å²) in [7, 11) is 0. The molecule has 11 heavy (non-hydrogen) atoms. The van der Waals surface area contributed by atoms with Crippen molar-refractivity contribution < 1.29 is 9.53 Å². The summed E-state index contributed by atoms with van der Waals surface area (Å²) in [5.41, 5.74) is 0. The summed E-state index contributed by atoms with van der Waals surface area (Å²) >= 11 is 3.04. The lowest BCUT2D eigenvalue weighted by Crippen LogP contribution is -2.25. The Bertz CT molecular complexity index is 128. The van der Waals surface area contributed by atoms with E-state index in [0.717, 1.165) is 6.42 Å². The first-order chi connectivity index (χ1) is 5.31. The molecule has 1 N–H and O–H groups in total. The molecule has 0 aliphatic rings.